The maximum atomic E-state index is 3.89. The lowest BCUT2D eigenvalue weighted by molar-refractivity contribution is 0.570. The van der Waals surface area contributed by atoms with Gasteiger partial charge in [-0.05, 0) is 24.0 Å². The molecule has 1 saturated heterocycles. The summed E-state index contributed by atoms with van der Waals surface area (Å²) in [5, 5.41) is 3.54. The maximum absolute atomic E-state index is 3.89. The summed E-state index contributed by atoms with van der Waals surface area (Å²) < 4.78 is 0. The molecule has 2 unspecified atom stereocenters. The normalized spacial score (nSPS) is 24.5. The van der Waals surface area contributed by atoms with Crippen LogP contribution in [0.15, 0.2) is 48.6 Å². The summed E-state index contributed by atoms with van der Waals surface area (Å²) in [4.78, 5) is 0. The number of nitrogens with one attached hydrogen (secondary N) is 3. The Kier molecular flexibility index (Phi) is 7.41. The molecule has 0 aromatic carbocycles. The fourth-order valence-electron chi connectivity index (χ4n) is 2.19. The van der Waals surface area contributed by atoms with Crippen LogP contribution >= 0.6 is 0 Å². The third kappa shape index (κ3) is 4.78. The minimum atomic E-state index is 0.124. The minimum absolute atomic E-state index is 0.124. The first-order chi connectivity index (χ1) is 9.26. The molecule has 19 heavy (non-hydrogen) atoms. The Morgan fingerprint density at radius 3 is 2.42 bits per heavy atom. The molecule has 0 bridgehead atoms. The van der Waals surface area contributed by atoms with Crippen molar-refractivity contribution in [2.45, 2.75) is 51.9 Å². The average molecular weight is 261 g/mol. The molecular formula is C16H27N3. The highest BCUT2D eigenvalue weighted by molar-refractivity contribution is 5.26. The van der Waals surface area contributed by atoms with Crippen molar-refractivity contribution in [3.8, 4) is 0 Å². The molecule has 0 spiro atoms. The summed E-state index contributed by atoms with van der Waals surface area (Å²) in [7, 11) is 0. The Hall–Kier alpha value is -1.16. The summed E-state index contributed by atoms with van der Waals surface area (Å²) >= 11 is 0. The van der Waals surface area contributed by atoms with Crippen molar-refractivity contribution < 1.29 is 0 Å². The lowest BCUT2D eigenvalue weighted by atomic mass is 10.1. The van der Waals surface area contributed by atoms with Crippen molar-refractivity contribution >= 4 is 0 Å². The third-order valence-electron chi connectivity index (χ3n) is 3.18. The summed E-state index contributed by atoms with van der Waals surface area (Å²) in [5.74, 6) is 0. The van der Waals surface area contributed by atoms with Gasteiger partial charge in [0.15, 0.2) is 0 Å². The van der Waals surface area contributed by atoms with Gasteiger partial charge in [0.05, 0.1) is 12.3 Å². The molecule has 0 aliphatic carbocycles. The van der Waals surface area contributed by atoms with Gasteiger partial charge >= 0.3 is 0 Å². The number of unbranched alkanes of at least 4 members (excludes halogenated alkanes) is 1. The van der Waals surface area contributed by atoms with E-state index in [1.54, 1.807) is 0 Å². The van der Waals surface area contributed by atoms with Crippen LogP contribution in [0.4, 0.5) is 0 Å². The van der Waals surface area contributed by atoms with E-state index in [1.165, 1.54) is 11.1 Å². The van der Waals surface area contributed by atoms with E-state index in [9.17, 15) is 0 Å². The highest BCUT2D eigenvalue weighted by Gasteiger charge is 2.25. The van der Waals surface area contributed by atoms with Crippen LogP contribution in [0.1, 0.15) is 39.5 Å². The van der Waals surface area contributed by atoms with Gasteiger partial charge in [-0.15, -0.1) is 0 Å². The molecule has 0 amide bonds. The molecule has 0 saturated carbocycles. The first kappa shape index (κ1) is 15.9. The van der Waals surface area contributed by atoms with Crippen molar-refractivity contribution in [3.63, 3.8) is 0 Å². The van der Waals surface area contributed by atoms with E-state index in [-0.39, 0.29) is 12.3 Å². The molecule has 3 nitrogen and oxygen atoms in total. The topological polar surface area (TPSA) is 36.1 Å². The van der Waals surface area contributed by atoms with Crippen molar-refractivity contribution in [3.05, 3.63) is 48.6 Å². The van der Waals surface area contributed by atoms with E-state index >= 15 is 0 Å². The molecule has 1 heterocycles. The second kappa shape index (κ2) is 8.86. The van der Waals surface area contributed by atoms with Crippen molar-refractivity contribution in [2.75, 3.05) is 0 Å². The van der Waals surface area contributed by atoms with Crippen LogP contribution in [-0.2, 0) is 0 Å². The number of allylic oxidation sites excluding steroid dienone is 3. The van der Waals surface area contributed by atoms with Gasteiger partial charge in [0.2, 0.25) is 0 Å². The Bertz CT molecular complexity index is 355. The summed E-state index contributed by atoms with van der Waals surface area (Å²) in [6, 6.07) is 0. The van der Waals surface area contributed by atoms with E-state index in [0.29, 0.717) is 0 Å². The van der Waals surface area contributed by atoms with Crippen LogP contribution in [0.3, 0.4) is 0 Å². The van der Waals surface area contributed by atoms with E-state index in [0.717, 1.165) is 25.7 Å². The monoisotopic (exact) mass is 261 g/mol. The van der Waals surface area contributed by atoms with Crippen molar-refractivity contribution in [1.29, 1.82) is 0 Å². The summed E-state index contributed by atoms with van der Waals surface area (Å²) in [5.41, 5.74) is 9.12. The summed E-state index contributed by atoms with van der Waals surface area (Å²) in [6.45, 7) is 12.0. The van der Waals surface area contributed by atoms with Gasteiger partial charge in [-0.2, -0.15) is 0 Å². The zero-order chi connectivity index (χ0) is 14.1. The van der Waals surface area contributed by atoms with Gasteiger partial charge in [0.25, 0.3) is 0 Å². The smallest absolute Gasteiger partial charge is 0.0975 e. The molecule has 0 aromatic rings. The van der Waals surface area contributed by atoms with E-state index in [2.05, 4.69) is 55.3 Å². The van der Waals surface area contributed by atoms with E-state index in [4.69, 9.17) is 0 Å². The second-order valence-corrected chi connectivity index (χ2v) is 4.75. The lowest BCUT2D eigenvalue weighted by Crippen LogP contribution is -2.35. The van der Waals surface area contributed by atoms with Gasteiger partial charge < -0.3 is 0 Å². The van der Waals surface area contributed by atoms with E-state index < -0.39 is 0 Å². The standard InChI is InChI=1S/C16H27N3/c1-5-9-12-13(8-4)15-17-16(19-18-15)14(10-6-2)11-7-3/h6,8,10,12,15-19H,2,4-5,7,9,11H2,1,3H3/b13-12+,14-10+. The minimum Gasteiger partial charge on any atom is -0.277 e. The molecule has 3 N–H and O–H groups in total. The fourth-order valence-corrected chi connectivity index (χ4v) is 2.19. The molecule has 106 valence electrons. The van der Waals surface area contributed by atoms with Crippen molar-refractivity contribution in [2.24, 2.45) is 0 Å². The molecule has 1 rings (SSSR count). The van der Waals surface area contributed by atoms with Gasteiger partial charge in [-0.25, -0.2) is 10.9 Å². The van der Waals surface area contributed by atoms with Gasteiger partial charge in [-0.1, -0.05) is 64.2 Å². The molecule has 1 aliphatic rings. The Morgan fingerprint density at radius 1 is 1.11 bits per heavy atom. The Balaban J connectivity index is 2.68. The van der Waals surface area contributed by atoms with Gasteiger partial charge in [0, 0.05) is 0 Å². The number of hydrazine groups is 1. The van der Waals surface area contributed by atoms with Crippen LogP contribution in [0.2, 0.25) is 0 Å². The predicted molar refractivity (Wildman–Crippen MR) is 83.4 cm³/mol. The van der Waals surface area contributed by atoms with Crippen LogP contribution < -0.4 is 16.2 Å². The SMILES string of the molecule is C=C/C=C(\CCC)C1NNC(/C(C=C)=C/CCC)N1. The zero-order valence-corrected chi connectivity index (χ0v) is 12.2. The largest absolute Gasteiger partial charge is 0.277 e. The predicted octanol–water partition coefficient (Wildman–Crippen LogP) is 3.16. The van der Waals surface area contributed by atoms with Gasteiger partial charge in [-0.3, -0.25) is 5.32 Å². The fraction of sp³-hybridized carbons (Fsp3) is 0.500. The molecule has 0 aromatic heterocycles. The summed E-state index contributed by atoms with van der Waals surface area (Å²) in [6.07, 6.45) is 12.8. The van der Waals surface area contributed by atoms with Crippen LogP contribution in [-0.4, -0.2) is 12.3 Å². The van der Waals surface area contributed by atoms with Crippen LogP contribution in [0, 0.1) is 0 Å². The third-order valence-corrected chi connectivity index (χ3v) is 3.18. The lowest BCUT2D eigenvalue weighted by Gasteiger charge is -2.16. The second-order valence-electron chi connectivity index (χ2n) is 4.75. The molecule has 0 radical (unpaired) electrons. The number of hydrogen-bond donors (Lipinski definition) is 3. The van der Waals surface area contributed by atoms with Gasteiger partial charge in [0.1, 0.15) is 0 Å². The van der Waals surface area contributed by atoms with Crippen LogP contribution in [0.25, 0.3) is 0 Å². The first-order valence-corrected chi connectivity index (χ1v) is 7.17. The number of hydrogen-bond acceptors (Lipinski definition) is 3. The molecule has 1 aliphatic heterocycles. The number of rotatable bonds is 8. The quantitative estimate of drug-likeness (QED) is 0.587. The molecule has 3 heteroatoms. The van der Waals surface area contributed by atoms with Crippen LogP contribution in [0.5, 0.6) is 0 Å². The Labute approximate surface area is 117 Å². The van der Waals surface area contributed by atoms with Crippen molar-refractivity contribution in [1.82, 2.24) is 16.2 Å². The molecular weight excluding hydrogens is 234 g/mol. The highest BCUT2D eigenvalue weighted by atomic mass is 15.5. The maximum Gasteiger partial charge on any atom is 0.0975 e. The zero-order valence-electron chi connectivity index (χ0n) is 12.2. The first-order valence-electron chi connectivity index (χ1n) is 7.17. The van der Waals surface area contributed by atoms with E-state index in [1.807, 2.05) is 12.2 Å². The highest BCUT2D eigenvalue weighted by Crippen LogP contribution is 2.14. The molecule has 2 atom stereocenters. The Morgan fingerprint density at radius 2 is 1.84 bits per heavy atom. The molecule has 1 fully saturated rings. The average Bonchev–Trinajstić information content (AvgIpc) is 2.89.